The molecule has 1 aromatic carbocycles. The van der Waals surface area contributed by atoms with Crippen LogP contribution < -0.4 is 0 Å². The van der Waals surface area contributed by atoms with Crippen LogP contribution in [0.1, 0.15) is 25.0 Å². The fraction of sp³-hybridized carbons (Fsp3) is 0.438. The van der Waals surface area contributed by atoms with Gasteiger partial charge in [-0.15, -0.1) is 0 Å². The number of morpholine rings is 1. The van der Waals surface area contributed by atoms with Gasteiger partial charge in [-0.25, -0.2) is 4.79 Å². The number of carboxylic acids is 1. The molecule has 0 radical (unpaired) electrons. The maximum absolute atomic E-state index is 10.5. The standard InChI is InChI=1S/C16H21NO3/c1-16(2)12-17(9-10-20-16)11-14-5-3-13(4-6-14)7-8-15(18)19/h3-8H,9-12H2,1-2H3,(H,18,19). The molecular weight excluding hydrogens is 254 g/mol. The van der Waals surface area contributed by atoms with Crippen LogP contribution in [0.3, 0.4) is 0 Å². The van der Waals surface area contributed by atoms with E-state index >= 15 is 0 Å². The van der Waals surface area contributed by atoms with Crippen LogP contribution in [0.15, 0.2) is 30.3 Å². The zero-order valence-electron chi connectivity index (χ0n) is 12.0. The number of nitrogens with zero attached hydrogens (tertiary/aromatic N) is 1. The summed E-state index contributed by atoms with van der Waals surface area (Å²) in [6.45, 7) is 7.76. The number of rotatable bonds is 4. The van der Waals surface area contributed by atoms with Crippen molar-refractivity contribution in [3.05, 3.63) is 41.5 Å². The molecule has 20 heavy (non-hydrogen) atoms. The Morgan fingerprint density at radius 1 is 1.40 bits per heavy atom. The zero-order chi connectivity index (χ0) is 14.6. The Hall–Kier alpha value is -1.65. The predicted molar refractivity (Wildman–Crippen MR) is 78.4 cm³/mol. The van der Waals surface area contributed by atoms with Gasteiger partial charge in [0.2, 0.25) is 0 Å². The SMILES string of the molecule is CC1(C)CN(Cc2ccc(C=CC(=O)O)cc2)CCO1. The van der Waals surface area contributed by atoms with Crippen molar-refractivity contribution in [1.82, 2.24) is 4.90 Å². The van der Waals surface area contributed by atoms with Crippen LogP contribution in [0.2, 0.25) is 0 Å². The summed E-state index contributed by atoms with van der Waals surface area (Å²) in [4.78, 5) is 12.8. The number of ether oxygens (including phenoxy) is 1. The molecule has 0 bridgehead atoms. The van der Waals surface area contributed by atoms with Crippen LogP contribution in [-0.2, 0) is 16.1 Å². The lowest BCUT2D eigenvalue weighted by Crippen LogP contribution is -2.47. The summed E-state index contributed by atoms with van der Waals surface area (Å²) in [6.07, 6.45) is 2.75. The molecule has 0 amide bonds. The molecule has 0 unspecified atom stereocenters. The molecule has 1 aromatic rings. The monoisotopic (exact) mass is 275 g/mol. The number of hydrogen-bond donors (Lipinski definition) is 1. The number of aliphatic carboxylic acids is 1. The van der Waals surface area contributed by atoms with Crippen molar-refractivity contribution >= 4 is 12.0 Å². The molecular formula is C16H21NO3. The summed E-state index contributed by atoms with van der Waals surface area (Å²) < 4.78 is 5.70. The first kappa shape index (κ1) is 14.8. The number of benzene rings is 1. The van der Waals surface area contributed by atoms with Gasteiger partial charge in [-0.3, -0.25) is 4.90 Å². The van der Waals surface area contributed by atoms with Crippen molar-refractivity contribution in [2.75, 3.05) is 19.7 Å². The van der Waals surface area contributed by atoms with Gasteiger partial charge >= 0.3 is 5.97 Å². The Balaban J connectivity index is 1.95. The largest absolute Gasteiger partial charge is 0.478 e. The molecule has 4 nitrogen and oxygen atoms in total. The number of carbonyl (C=O) groups is 1. The molecule has 2 rings (SSSR count). The lowest BCUT2D eigenvalue weighted by Gasteiger charge is -2.38. The second kappa shape index (κ2) is 6.20. The van der Waals surface area contributed by atoms with Crippen molar-refractivity contribution < 1.29 is 14.6 Å². The molecule has 108 valence electrons. The predicted octanol–water partition coefficient (Wildman–Crippen LogP) is 2.40. The Labute approximate surface area is 119 Å². The topological polar surface area (TPSA) is 49.8 Å². The third-order valence-electron chi connectivity index (χ3n) is 3.31. The third kappa shape index (κ3) is 4.47. The lowest BCUT2D eigenvalue weighted by atomic mass is 10.1. The van der Waals surface area contributed by atoms with E-state index in [9.17, 15) is 4.79 Å². The van der Waals surface area contributed by atoms with E-state index < -0.39 is 5.97 Å². The molecule has 1 fully saturated rings. The quantitative estimate of drug-likeness (QED) is 0.857. The normalized spacial score (nSPS) is 19.3. The first-order valence-electron chi connectivity index (χ1n) is 6.81. The highest BCUT2D eigenvalue weighted by atomic mass is 16.5. The Morgan fingerprint density at radius 3 is 2.70 bits per heavy atom. The number of hydrogen-bond acceptors (Lipinski definition) is 3. The van der Waals surface area contributed by atoms with Gasteiger partial charge in [-0.05, 0) is 31.1 Å². The molecule has 0 spiro atoms. The molecule has 0 aromatic heterocycles. The molecule has 1 aliphatic rings. The van der Waals surface area contributed by atoms with E-state index in [-0.39, 0.29) is 5.60 Å². The van der Waals surface area contributed by atoms with Gasteiger partial charge in [-0.1, -0.05) is 24.3 Å². The molecule has 1 N–H and O–H groups in total. The van der Waals surface area contributed by atoms with Gasteiger partial charge in [-0.2, -0.15) is 0 Å². The second-order valence-electron chi connectivity index (χ2n) is 5.73. The average Bonchev–Trinajstić information content (AvgIpc) is 2.36. The molecule has 1 heterocycles. The van der Waals surface area contributed by atoms with Crippen LogP contribution in [0.4, 0.5) is 0 Å². The summed E-state index contributed by atoms with van der Waals surface area (Å²) in [5, 5.41) is 8.59. The van der Waals surface area contributed by atoms with E-state index in [0.29, 0.717) is 0 Å². The van der Waals surface area contributed by atoms with Crippen molar-refractivity contribution in [1.29, 1.82) is 0 Å². The molecule has 4 heteroatoms. The van der Waals surface area contributed by atoms with Crippen LogP contribution in [0, 0.1) is 0 Å². The Bertz CT molecular complexity index is 491. The number of carboxylic acid groups (broad SMARTS) is 1. The fourth-order valence-corrected chi connectivity index (χ4v) is 2.41. The highest BCUT2D eigenvalue weighted by Gasteiger charge is 2.26. The minimum absolute atomic E-state index is 0.0809. The van der Waals surface area contributed by atoms with E-state index in [1.54, 1.807) is 6.08 Å². The van der Waals surface area contributed by atoms with Crippen molar-refractivity contribution in [3.63, 3.8) is 0 Å². The van der Waals surface area contributed by atoms with Crippen LogP contribution in [-0.4, -0.2) is 41.3 Å². The van der Waals surface area contributed by atoms with Gasteiger partial charge in [0, 0.05) is 25.7 Å². The van der Waals surface area contributed by atoms with E-state index in [0.717, 1.165) is 37.9 Å². The molecule has 0 aliphatic carbocycles. The van der Waals surface area contributed by atoms with E-state index in [1.165, 1.54) is 5.56 Å². The summed E-state index contributed by atoms with van der Waals surface area (Å²) in [5.41, 5.74) is 2.05. The molecule has 0 atom stereocenters. The van der Waals surface area contributed by atoms with Crippen LogP contribution in [0.25, 0.3) is 6.08 Å². The van der Waals surface area contributed by atoms with Gasteiger partial charge in [0.1, 0.15) is 0 Å². The summed E-state index contributed by atoms with van der Waals surface area (Å²) in [5.74, 6) is -0.926. The summed E-state index contributed by atoms with van der Waals surface area (Å²) >= 11 is 0. The highest BCUT2D eigenvalue weighted by Crippen LogP contribution is 2.18. The fourth-order valence-electron chi connectivity index (χ4n) is 2.41. The third-order valence-corrected chi connectivity index (χ3v) is 3.31. The van der Waals surface area contributed by atoms with E-state index in [4.69, 9.17) is 9.84 Å². The van der Waals surface area contributed by atoms with Crippen molar-refractivity contribution in [2.45, 2.75) is 26.0 Å². The minimum Gasteiger partial charge on any atom is -0.478 e. The summed E-state index contributed by atoms with van der Waals surface area (Å²) in [7, 11) is 0. The maximum atomic E-state index is 10.5. The minimum atomic E-state index is -0.926. The first-order chi connectivity index (χ1) is 9.44. The average molecular weight is 275 g/mol. The van der Waals surface area contributed by atoms with Gasteiger partial charge in [0.15, 0.2) is 0 Å². The lowest BCUT2D eigenvalue weighted by molar-refractivity contribution is -0.131. The van der Waals surface area contributed by atoms with E-state index in [1.807, 2.05) is 24.3 Å². The highest BCUT2D eigenvalue weighted by molar-refractivity contribution is 5.85. The maximum Gasteiger partial charge on any atom is 0.328 e. The first-order valence-corrected chi connectivity index (χ1v) is 6.81. The van der Waals surface area contributed by atoms with Crippen LogP contribution >= 0.6 is 0 Å². The smallest absolute Gasteiger partial charge is 0.328 e. The molecule has 0 saturated carbocycles. The van der Waals surface area contributed by atoms with Crippen LogP contribution in [0.5, 0.6) is 0 Å². The van der Waals surface area contributed by atoms with Gasteiger partial charge < -0.3 is 9.84 Å². The molecule has 1 saturated heterocycles. The van der Waals surface area contributed by atoms with Gasteiger partial charge in [0.05, 0.1) is 12.2 Å². The second-order valence-corrected chi connectivity index (χ2v) is 5.73. The van der Waals surface area contributed by atoms with Crippen molar-refractivity contribution in [2.24, 2.45) is 0 Å². The zero-order valence-corrected chi connectivity index (χ0v) is 12.0. The Kier molecular flexibility index (Phi) is 4.57. The summed E-state index contributed by atoms with van der Waals surface area (Å²) in [6, 6.07) is 7.98. The van der Waals surface area contributed by atoms with E-state index in [2.05, 4.69) is 18.7 Å². The van der Waals surface area contributed by atoms with Crippen molar-refractivity contribution in [3.8, 4) is 0 Å². The molecule has 1 aliphatic heterocycles. The van der Waals surface area contributed by atoms with Gasteiger partial charge in [0.25, 0.3) is 0 Å². The Morgan fingerprint density at radius 2 is 2.10 bits per heavy atom.